The van der Waals surface area contributed by atoms with Crippen LogP contribution in [0.4, 0.5) is 10.5 Å². The lowest BCUT2D eigenvalue weighted by Gasteiger charge is -2.22. The lowest BCUT2D eigenvalue weighted by molar-refractivity contribution is 0.205. The molecule has 3 aromatic rings. The second-order valence-corrected chi connectivity index (χ2v) is 6.24. The van der Waals surface area contributed by atoms with Crippen molar-refractivity contribution in [2.45, 2.75) is 32.4 Å². The highest BCUT2D eigenvalue weighted by atomic mass is 16.3. The number of carbonyl (C=O) groups is 1. The molecule has 1 aromatic carbocycles. The predicted molar refractivity (Wildman–Crippen MR) is 92.8 cm³/mol. The first-order valence-corrected chi connectivity index (χ1v) is 8.16. The molecule has 2 amide bonds. The van der Waals surface area contributed by atoms with Crippen LogP contribution in [0.15, 0.2) is 53.3 Å². The van der Waals surface area contributed by atoms with Crippen molar-refractivity contribution in [3.63, 3.8) is 0 Å². The Kier molecular flexibility index (Phi) is 3.69. The highest BCUT2D eigenvalue weighted by molar-refractivity contribution is 5.93. The van der Waals surface area contributed by atoms with Crippen LogP contribution in [0, 0.1) is 6.92 Å². The third-order valence-electron chi connectivity index (χ3n) is 4.33. The zero-order valence-corrected chi connectivity index (χ0v) is 13.5. The summed E-state index contributed by atoms with van der Waals surface area (Å²) in [6.07, 6.45) is 5.60. The number of amides is 2. The summed E-state index contributed by atoms with van der Waals surface area (Å²) in [6, 6.07) is 11.7. The number of hydrogen-bond acceptors (Lipinski definition) is 3. The van der Waals surface area contributed by atoms with Crippen LogP contribution in [0.3, 0.4) is 0 Å². The lowest BCUT2D eigenvalue weighted by Crippen LogP contribution is -2.36. The SMILES string of the molecule is Cc1coc2ccc(NC(=O)N(Cc3ccccn3)C3CC3)cc12. The minimum atomic E-state index is -0.0800. The molecular formula is C19H19N3O2. The average molecular weight is 321 g/mol. The van der Waals surface area contributed by atoms with Gasteiger partial charge in [-0.25, -0.2) is 4.79 Å². The van der Waals surface area contributed by atoms with E-state index in [0.29, 0.717) is 12.6 Å². The molecule has 0 aliphatic heterocycles. The number of benzene rings is 1. The standard InChI is InChI=1S/C19H19N3O2/c1-13-12-24-18-8-5-14(10-17(13)18)21-19(23)22(16-6-7-16)11-15-4-2-3-9-20-15/h2-5,8-10,12,16H,6-7,11H2,1H3,(H,21,23). The van der Waals surface area contributed by atoms with Gasteiger partial charge in [0.15, 0.2) is 0 Å². The number of urea groups is 1. The van der Waals surface area contributed by atoms with Crippen molar-refractivity contribution >= 4 is 22.7 Å². The molecule has 5 heteroatoms. The van der Waals surface area contributed by atoms with E-state index in [1.807, 2.05) is 48.2 Å². The number of fused-ring (bicyclic) bond motifs is 1. The van der Waals surface area contributed by atoms with E-state index in [1.165, 1.54) is 0 Å². The minimum Gasteiger partial charge on any atom is -0.464 e. The fraction of sp³-hybridized carbons (Fsp3) is 0.263. The van der Waals surface area contributed by atoms with E-state index in [0.717, 1.165) is 40.8 Å². The van der Waals surface area contributed by atoms with Crippen molar-refractivity contribution in [3.05, 3.63) is 60.1 Å². The molecule has 2 aromatic heterocycles. The van der Waals surface area contributed by atoms with Gasteiger partial charge in [0.05, 0.1) is 18.5 Å². The van der Waals surface area contributed by atoms with E-state index in [-0.39, 0.29) is 6.03 Å². The highest BCUT2D eigenvalue weighted by Gasteiger charge is 2.32. The summed E-state index contributed by atoms with van der Waals surface area (Å²) in [7, 11) is 0. The van der Waals surface area contributed by atoms with Crippen LogP contribution >= 0.6 is 0 Å². The molecule has 4 rings (SSSR count). The van der Waals surface area contributed by atoms with Gasteiger partial charge in [-0.3, -0.25) is 4.98 Å². The van der Waals surface area contributed by atoms with Crippen molar-refractivity contribution in [1.29, 1.82) is 0 Å². The number of nitrogens with zero attached hydrogens (tertiary/aromatic N) is 2. The molecular weight excluding hydrogens is 302 g/mol. The minimum absolute atomic E-state index is 0.0800. The van der Waals surface area contributed by atoms with Gasteiger partial charge >= 0.3 is 6.03 Å². The number of aromatic nitrogens is 1. The first-order chi connectivity index (χ1) is 11.7. The van der Waals surface area contributed by atoms with Crippen LogP contribution in [-0.4, -0.2) is 22.0 Å². The molecule has 0 spiro atoms. The molecule has 1 aliphatic carbocycles. The molecule has 1 N–H and O–H groups in total. The topological polar surface area (TPSA) is 58.4 Å². The first kappa shape index (κ1) is 14.8. The van der Waals surface area contributed by atoms with Gasteiger partial charge in [-0.2, -0.15) is 0 Å². The van der Waals surface area contributed by atoms with Crippen LogP contribution in [0.25, 0.3) is 11.0 Å². The summed E-state index contributed by atoms with van der Waals surface area (Å²) in [5.41, 5.74) is 3.58. The average Bonchev–Trinajstić information content (AvgIpc) is 3.38. The Bertz CT molecular complexity index is 869. The smallest absolute Gasteiger partial charge is 0.322 e. The Morgan fingerprint density at radius 3 is 2.96 bits per heavy atom. The third-order valence-corrected chi connectivity index (χ3v) is 4.33. The normalized spacial score (nSPS) is 13.9. The number of hydrogen-bond donors (Lipinski definition) is 1. The quantitative estimate of drug-likeness (QED) is 0.778. The van der Waals surface area contributed by atoms with Crippen molar-refractivity contribution in [2.75, 3.05) is 5.32 Å². The molecule has 122 valence electrons. The molecule has 0 radical (unpaired) electrons. The summed E-state index contributed by atoms with van der Waals surface area (Å²) in [6.45, 7) is 2.53. The van der Waals surface area contributed by atoms with Crippen molar-refractivity contribution in [1.82, 2.24) is 9.88 Å². The van der Waals surface area contributed by atoms with E-state index in [9.17, 15) is 4.79 Å². The molecule has 0 saturated heterocycles. The molecule has 0 atom stereocenters. The fourth-order valence-electron chi connectivity index (χ4n) is 2.85. The first-order valence-electron chi connectivity index (χ1n) is 8.16. The monoisotopic (exact) mass is 321 g/mol. The predicted octanol–water partition coefficient (Wildman–Crippen LogP) is 4.33. The molecule has 1 saturated carbocycles. The van der Waals surface area contributed by atoms with Gasteiger partial charge in [0.2, 0.25) is 0 Å². The summed E-state index contributed by atoms with van der Waals surface area (Å²) in [5, 5.41) is 4.03. The Morgan fingerprint density at radius 1 is 1.33 bits per heavy atom. The Balaban J connectivity index is 1.52. The zero-order chi connectivity index (χ0) is 16.5. The van der Waals surface area contributed by atoms with Gasteiger partial charge in [0, 0.05) is 23.3 Å². The number of rotatable bonds is 4. The molecule has 5 nitrogen and oxygen atoms in total. The van der Waals surface area contributed by atoms with E-state index < -0.39 is 0 Å². The second kappa shape index (κ2) is 6.00. The number of aryl methyl sites for hydroxylation is 1. The van der Waals surface area contributed by atoms with Crippen LogP contribution in [-0.2, 0) is 6.54 Å². The summed E-state index contributed by atoms with van der Waals surface area (Å²) >= 11 is 0. The number of anilines is 1. The maximum atomic E-state index is 12.7. The molecule has 0 bridgehead atoms. The summed E-state index contributed by atoms with van der Waals surface area (Å²) in [5.74, 6) is 0. The number of furan rings is 1. The molecule has 0 unspecified atom stereocenters. The highest BCUT2D eigenvalue weighted by Crippen LogP contribution is 2.29. The number of nitrogens with one attached hydrogen (secondary N) is 1. The van der Waals surface area contributed by atoms with Crippen molar-refractivity contribution in [3.8, 4) is 0 Å². The Morgan fingerprint density at radius 2 is 2.21 bits per heavy atom. The maximum Gasteiger partial charge on any atom is 0.322 e. The van der Waals surface area contributed by atoms with Gasteiger partial charge < -0.3 is 14.6 Å². The fourth-order valence-corrected chi connectivity index (χ4v) is 2.85. The van der Waals surface area contributed by atoms with Crippen LogP contribution < -0.4 is 5.32 Å². The lowest BCUT2D eigenvalue weighted by atomic mass is 10.2. The number of pyridine rings is 1. The largest absolute Gasteiger partial charge is 0.464 e. The van der Waals surface area contributed by atoms with Gasteiger partial charge in [0.25, 0.3) is 0 Å². The Hall–Kier alpha value is -2.82. The van der Waals surface area contributed by atoms with Crippen LogP contribution in [0.5, 0.6) is 0 Å². The molecule has 1 aliphatic rings. The molecule has 24 heavy (non-hydrogen) atoms. The Labute approximate surface area is 140 Å². The third kappa shape index (κ3) is 2.97. The van der Waals surface area contributed by atoms with E-state index in [2.05, 4.69) is 10.3 Å². The summed E-state index contributed by atoms with van der Waals surface area (Å²) < 4.78 is 5.45. The van der Waals surface area contributed by atoms with Crippen molar-refractivity contribution < 1.29 is 9.21 Å². The number of carbonyl (C=O) groups excluding carboxylic acids is 1. The van der Waals surface area contributed by atoms with E-state index in [4.69, 9.17) is 4.42 Å². The summed E-state index contributed by atoms with van der Waals surface area (Å²) in [4.78, 5) is 18.9. The van der Waals surface area contributed by atoms with E-state index >= 15 is 0 Å². The van der Waals surface area contributed by atoms with Crippen LogP contribution in [0.1, 0.15) is 24.1 Å². The molecule has 2 heterocycles. The van der Waals surface area contributed by atoms with Gasteiger partial charge in [0.1, 0.15) is 5.58 Å². The van der Waals surface area contributed by atoms with Gasteiger partial charge in [-0.05, 0) is 55.7 Å². The maximum absolute atomic E-state index is 12.7. The van der Waals surface area contributed by atoms with Gasteiger partial charge in [-0.15, -0.1) is 0 Å². The second-order valence-electron chi connectivity index (χ2n) is 6.24. The molecule has 1 fully saturated rings. The van der Waals surface area contributed by atoms with Gasteiger partial charge in [-0.1, -0.05) is 6.07 Å². The zero-order valence-electron chi connectivity index (χ0n) is 13.5. The van der Waals surface area contributed by atoms with Crippen molar-refractivity contribution in [2.24, 2.45) is 0 Å². The van der Waals surface area contributed by atoms with Crippen LogP contribution in [0.2, 0.25) is 0 Å². The van der Waals surface area contributed by atoms with E-state index in [1.54, 1.807) is 12.5 Å².